The number of halogens is 1. The van der Waals surface area contributed by atoms with Crippen molar-refractivity contribution in [3.63, 3.8) is 0 Å². The highest BCUT2D eigenvalue weighted by molar-refractivity contribution is 5.34. The summed E-state index contributed by atoms with van der Waals surface area (Å²) in [4.78, 5) is 0. The fraction of sp³-hybridized carbons (Fsp3) is 0.625. The summed E-state index contributed by atoms with van der Waals surface area (Å²) in [6.45, 7) is 1.88. The lowest BCUT2D eigenvalue weighted by Crippen LogP contribution is -2.32. The number of nitrogens with one attached hydrogen (secondary N) is 1. The zero-order valence-electron chi connectivity index (χ0n) is 10.9. The molecule has 0 radical (unpaired) electrons. The Morgan fingerprint density at radius 1 is 1.11 bits per heavy atom. The fourth-order valence-electron chi connectivity index (χ4n) is 3.24. The van der Waals surface area contributed by atoms with Gasteiger partial charge in [0, 0.05) is 12.5 Å². The van der Waals surface area contributed by atoms with Gasteiger partial charge in [-0.3, -0.25) is 0 Å². The van der Waals surface area contributed by atoms with Gasteiger partial charge in [-0.2, -0.15) is 0 Å². The standard InChI is InChI=1S/C16H22FN/c17-16(13-7-4-10-18-11-13)15-9-2-1-8-14(15)12-5-3-6-12/h1-2,8-9,12-13,16,18H,3-7,10-11H2. The molecule has 0 bridgehead atoms. The van der Waals surface area contributed by atoms with Gasteiger partial charge >= 0.3 is 0 Å². The van der Waals surface area contributed by atoms with Crippen LogP contribution in [0.1, 0.15) is 55.3 Å². The van der Waals surface area contributed by atoms with E-state index in [1.807, 2.05) is 12.1 Å². The van der Waals surface area contributed by atoms with Crippen LogP contribution in [0.3, 0.4) is 0 Å². The Labute approximate surface area is 109 Å². The molecule has 2 atom stereocenters. The molecule has 1 nitrogen and oxygen atoms in total. The summed E-state index contributed by atoms with van der Waals surface area (Å²) >= 11 is 0. The molecule has 2 fully saturated rings. The molecule has 1 saturated carbocycles. The van der Waals surface area contributed by atoms with Crippen LogP contribution in [0.2, 0.25) is 0 Å². The van der Waals surface area contributed by atoms with Gasteiger partial charge in [0.05, 0.1) is 0 Å². The second-order valence-corrected chi connectivity index (χ2v) is 5.76. The molecule has 18 heavy (non-hydrogen) atoms. The van der Waals surface area contributed by atoms with E-state index in [0.29, 0.717) is 5.92 Å². The van der Waals surface area contributed by atoms with Gasteiger partial charge < -0.3 is 5.32 Å². The Hall–Kier alpha value is -0.890. The van der Waals surface area contributed by atoms with Crippen molar-refractivity contribution < 1.29 is 4.39 Å². The Morgan fingerprint density at radius 3 is 2.61 bits per heavy atom. The fourth-order valence-corrected chi connectivity index (χ4v) is 3.24. The van der Waals surface area contributed by atoms with Crippen molar-refractivity contribution in [3.05, 3.63) is 35.4 Å². The van der Waals surface area contributed by atoms with Gasteiger partial charge in [-0.25, -0.2) is 4.39 Å². The van der Waals surface area contributed by atoms with E-state index in [-0.39, 0.29) is 5.92 Å². The summed E-state index contributed by atoms with van der Waals surface area (Å²) in [5.41, 5.74) is 2.25. The molecule has 1 saturated heterocycles. The van der Waals surface area contributed by atoms with Crippen molar-refractivity contribution in [1.29, 1.82) is 0 Å². The summed E-state index contributed by atoms with van der Waals surface area (Å²) in [5.74, 6) is 0.788. The number of piperidine rings is 1. The van der Waals surface area contributed by atoms with E-state index in [1.54, 1.807) is 0 Å². The second-order valence-electron chi connectivity index (χ2n) is 5.76. The van der Waals surface area contributed by atoms with Gasteiger partial charge in [-0.05, 0) is 49.3 Å². The van der Waals surface area contributed by atoms with Crippen molar-refractivity contribution in [2.75, 3.05) is 13.1 Å². The van der Waals surface area contributed by atoms with E-state index in [2.05, 4.69) is 17.4 Å². The van der Waals surface area contributed by atoms with Crippen LogP contribution in [0, 0.1) is 5.92 Å². The number of benzene rings is 1. The molecule has 2 heteroatoms. The molecule has 98 valence electrons. The molecule has 1 N–H and O–H groups in total. The molecule has 2 aliphatic rings. The predicted octanol–water partition coefficient (Wildman–Crippen LogP) is 3.96. The summed E-state index contributed by atoms with van der Waals surface area (Å²) in [5, 5.41) is 3.32. The third-order valence-corrected chi connectivity index (χ3v) is 4.59. The van der Waals surface area contributed by atoms with Crippen LogP contribution in [0.5, 0.6) is 0 Å². The van der Waals surface area contributed by atoms with E-state index in [1.165, 1.54) is 24.8 Å². The summed E-state index contributed by atoms with van der Waals surface area (Å²) in [6.07, 6.45) is 5.14. The minimum atomic E-state index is -0.783. The van der Waals surface area contributed by atoms with E-state index in [4.69, 9.17) is 0 Å². The van der Waals surface area contributed by atoms with Crippen molar-refractivity contribution in [2.45, 2.75) is 44.2 Å². The first-order valence-corrected chi connectivity index (χ1v) is 7.30. The lowest BCUT2D eigenvalue weighted by atomic mass is 9.76. The minimum absolute atomic E-state index is 0.167. The van der Waals surface area contributed by atoms with Crippen LogP contribution in [0.15, 0.2) is 24.3 Å². The Kier molecular flexibility index (Phi) is 3.64. The topological polar surface area (TPSA) is 12.0 Å². The molecule has 0 aromatic heterocycles. The zero-order chi connectivity index (χ0) is 12.4. The molecule has 2 unspecified atom stereocenters. The monoisotopic (exact) mass is 247 g/mol. The maximum absolute atomic E-state index is 14.8. The summed E-state index contributed by atoms with van der Waals surface area (Å²) in [6, 6.07) is 8.19. The van der Waals surface area contributed by atoms with E-state index in [9.17, 15) is 4.39 Å². The van der Waals surface area contributed by atoms with Gasteiger partial charge in [-0.1, -0.05) is 30.7 Å². The first kappa shape index (κ1) is 12.2. The number of alkyl halides is 1. The van der Waals surface area contributed by atoms with Gasteiger partial charge in [-0.15, -0.1) is 0 Å². The summed E-state index contributed by atoms with van der Waals surface area (Å²) in [7, 11) is 0. The van der Waals surface area contributed by atoms with Crippen molar-refractivity contribution >= 4 is 0 Å². The molecule has 1 aliphatic heterocycles. The van der Waals surface area contributed by atoms with Gasteiger partial charge in [0.1, 0.15) is 6.17 Å². The van der Waals surface area contributed by atoms with Crippen molar-refractivity contribution in [3.8, 4) is 0 Å². The van der Waals surface area contributed by atoms with E-state index in [0.717, 1.165) is 31.5 Å². The molecule has 0 amide bonds. The lowest BCUT2D eigenvalue weighted by Gasteiger charge is -2.32. The number of hydrogen-bond donors (Lipinski definition) is 1. The van der Waals surface area contributed by atoms with Crippen LogP contribution in [0.25, 0.3) is 0 Å². The molecule has 1 aromatic rings. The Bertz CT molecular complexity index is 394. The highest BCUT2D eigenvalue weighted by atomic mass is 19.1. The normalized spacial score (nSPS) is 26.6. The third kappa shape index (κ3) is 2.31. The van der Waals surface area contributed by atoms with Crippen LogP contribution in [-0.2, 0) is 0 Å². The third-order valence-electron chi connectivity index (χ3n) is 4.59. The van der Waals surface area contributed by atoms with Crippen LogP contribution in [0.4, 0.5) is 4.39 Å². The first-order chi connectivity index (χ1) is 8.86. The average molecular weight is 247 g/mol. The number of rotatable bonds is 3. The Balaban J connectivity index is 1.81. The minimum Gasteiger partial charge on any atom is -0.316 e. The zero-order valence-corrected chi connectivity index (χ0v) is 10.9. The maximum Gasteiger partial charge on any atom is 0.129 e. The molecule has 0 spiro atoms. The molecular formula is C16H22FN. The first-order valence-electron chi connectivity index (χ1n) is 7.30. The van der Waals surface area contributed by atoms with E-state index < -0.39 is 6.17 Å². The van der Waals surface area contributed by atoms with Crippen LogP contribution in [-0.4, -0.2) is 13.1 Å². The molecule has 1 aromatic carbocycles. The highest BCUT2D eigenvalue weighted by Gasteiger charge is 2.29. The average Bonchev–Trinajstić information content (AvgIpc) is 2.38. The van der Waals surface area contributed by atoms with Crippen molar-refractivity contribution in [1.82, 2.24) is 5.32 Å². The van der Waals surface area contributed by atoms with Gasteiger partial charge in [0.2, 0.25) is 0 Å². The maximum atomic E-state index is 14.8. The molecule has 1 aliphatic carbocycles. The van der Waals surface area contributed by atoms with Gasteiger partial charge in [0.15, 0.2) is 0 Å². The molecule has 3 rings (SSSR count). The largest absolute Gasteiger partial charge is 0.316 e. The highest BCUT2D eigenvalue weighted by Crippen LogP contribution is 2.42. The smallest absolute Gasteiger partial charge is 0.129 e. The molecular weight excluding hydrogens is 225 g/mol. The van der Waals surface area contributed by atoms with Crippen LogP contribution >= 0.6 is 0 Å². The quantitative estimate of drug-likeness (QED) is 0.852. The second kappa shape index (κ2) is 5.40. The Morgan fingerprint density at radius 2 is 1.94 bits per heavy atom. The van der Waals surface area contributed by atoms with Crippen LogP contribution < -0.4 is 5.32 Å². The van der Waals surface area contributed by atoms with E-state index >= 15 is 0 Å². The lowest BCUT2D eigenvalue weighted by molar-refractivity contribution is 0.192. The SMILES string of the molecule is FC(c1ccccc1C1CCC1)C1CCCNC1. The number of hydrogen-bond acceptors (Lipinski definition) is 1. The summed E-state index contributed by atoms with van der Waals surface area (Å²) < 4.78 is 14.8. The van der Waals surface area contributed by atoms with Gasteiger partial charge in [0.25, 0.3) is 0 Å². The predicted molar refractivity (Wildman–Crippen MR) is 72.5 cm³/mol. The molecule has 1 heterocycles. The van der Waals surface area contributed by atoms with Crippen molar-refractivity contribution in [2.24, 2.45) is 5.92 Å².